The molecule has 3 nitrogen and oxygen atoms in total. The minimum absolute atomic E-state index is 0.161. The van der Waals surface area contributed by atoms with Crippen molar-refractivity contribution in [2.45, 2.75) is 13.8 Å². The van der Waals surface area contributed by atoms with Gasteiger partial charge in [-0.05, 0) is 75.0 Å². The van der Waals surface area contributed by atoms with Gasteiger partial charge in [0, 0.05) is 4.47 Å². The van der Waals surface area contributed by atoms with Gasteiger partial charge in [-0.1, -0.05) is 0 Å². The Balaban J connectivity index is 2.26. The first-order valence-corrected chi connectivity index (χ1v) is 7.91. The lowest BCUT2D eigenvalue weighted by Crippen LogP contribution is -2.12. The summed E-state index contributed by atoms with van der Waals surface area (Å²) in [5.41, 5.74) is 9.35. The molecular weight excluding hydrogens is 392 g/mol. The predicted octanol–water partition coefficient (Wildman–Crippen LogP) is 4.72. The molecule has 0 saturated carbocycles. The third-order valence-electron chi connectivity index (χ3n) is 2.78. The van der Waals surface area contributed by atoms with E-state index in [1.165, 1.54) is 11.3 Å². The van der Waals surface area contributed by atoms with Gasteiger partial charge in [0.2, 0.25) is 0 Å². The van der Waals surface area contributed by atoms with Crippen LogP contribution in [-0.4, -0.2) is 5.91 Å². The second-order valence-electron chi connectivity index (χ2n) is 4.21. The topological polar surface area (TPSA) is 55.1 Å². The number of halogens is 2. The summed E-state index contributed by atoms with van der Waals surface area (Å²) in [4.78, 5) is 12.8. The van der Waals surface area contributed by atoms with Crippen molar-refractivity contribution in [3.63, 3.8) is 0 Å². The molecule has 2 aromatic rings. The zero-order valence-electron chi connectivity index (χ0n) is 10.4. The first-order valence-electron chi connectivity index (χ1n) is 5.51. The number of carbonyl (C=O) groups excluding carboxylic acids is 1. The molecule has 0 atom stereocenters. The van der Waals surface area contributed by atoms with E-state index in [9.17, 15) is 4.79 Å². The maximum absolute atomic E-state index is 12.1. The Kier molecular flexibility index (Phi) is 4.32. The van der Waals surface area contributed by atoms with Crippen LogP contribution in [0.3, 0.4) is 0 Å². The lowest BCUT2D eigenvalue weighted by atomic mass is 10.1. The molecule has 0 fully saturated rings. The fourth-order valence-corrected chi connectivity index (χ4v) is 3.52. The van der Waals surface area contributed by atoms with Gasteiger partial charge in [0.15, 0.2) is 0 Å². The van der Waals surface area contributed by atoms with Crippen molar-refractivity contribution in [1.82, 2.24) is 0 Å². The van der Waals surface area contributed by atoms with Gasteiger partial charge in [-0.3, -0.25) is 4.79 Å². The normalized spacial score (nSPS) is 10.5. The first-order chi connectivity index (χ1) is 8.88. The smallest absolute Gasteiger partial charge is 0.265 e. The maximum atomic E-state index is 12.1. The Morgan fingerprint density at radius 2 is 1.84 bits per heavy atom. The second kappa shape index (κ2) is 5.64. The lowest BCUT2D eigenvalue weighted by molar-refractivity contribution is 0.103. The quantitative estimate of drug-likeness (QED) is 0.712. The van der Waals surface area contributed by atoms with Crippen LogP contribution in [0.5, 0.6) is 0 Å². The minimum Gasteiger partial charge on any atom is -0.397 e. The van der Waals surface area contributed by atoms with Crippen molar-refractivity contribution in [2.75, 3.05) is 11.1 Å². The summed E-state index contributed by atoms with van der Waals surface area (Å²) >= 11 is 8.11. The van der Waals surface area contributed by atoms with E-state index in [-0.39, 0.29) is 5.91 Å². The van der Waals surface area contributed by atoms with Gasteiger partial charge >= 0.3 is 0 Å². The maximum Gasteiger partial charge on any atom is 0.265 e. The highest BCUT2D eigenvalue weighted by Crippen LogP contribution is 2.33. The Bertz CT molecular complexity index is 633. The molecule has 1 aromatic heterocycles. The number of carbonyl (C=O) groups is 1. The van der Waals surface area contributed by atoms with Crippen molar-refractivity contribution in [1.29, 1.82) is 0 Å². The van der Waals surface area contributed by atoms with Gasteiger partial charge in [-0.2, -0.15) is 0 Å². The molecule has 1 aromatic carbocycles. The molecule has 3 N–H and O–H groups in total. The van der Waals surface area contributed by atoms with Crippen LogP contribution in [0.4, 0.5) is 11.4 Å². The van der Waals surface area contributed by atoms with E-state index >= 15 is 0 Å². The van der Waals surface area contributed by atoms with E-state index in [2.05, 4.69) is 37.2 Å². The number of nitrogens with two attached hydrogens (primary N) is 1. The number of hydrogen-bond donors (Lipinski definition) is 2. The van der Waals surface area contributed by atoms with Crippen molar-refractivity contribution in [2.24, 2.45) is 0 Å². The number of nitrogens with one attached hydrogen (secondary N) is 1. The van der Waals surface area contributed by atoms with Gasteiger partial charge in [0.05, 0.1) is 20.0 Å². The van der Waals surface area contributed by atoms with Crippen LogP contribution in [0.1, 0.15) is 20.8 Å². The fraction of sp³-hybridized carbons (Fsp3) is 0.154. The largest absolute Gasteiger partial charge is 0.397 e. The van der Waals surface area contributed by atoms with E-state index in [4.69, 9.17) is 5.73 Å². The fourth-order valence-electron chi connectivity index (χ4n) is 1.59. The molecule has 0 aliphatic carbocycles. The molecule has 0 saturated heterocycles. The number of benzene rings is 1. The summed E-state index contributed by atoms with van der Waals surface area (Å²) in [6.45, 7) is 3.98. The standard InChI is InChI=1S/C13H12Br2N2OS/c1-6-3-9(16)10(4-7(6)2)17-13(18)11-5-8(14)12(15)19-11/h3-5H,16H2,1-2H3,(H,17,18). The van der Waals surface area contributed by atoms with Gasteiger partial charge in [-0.25, -0.2) is 0 Å². The predicted molar refractivity (Wildman–Crippen MR) is 88.0 cm³/mol. The van der Waals surface area contributed by atoms with Crippen LogP contribution in [0, 0.1) is 13.8 Å². The van der Waals surface area contributed by atoms with Gasteiger partial charge in [0.25, 0.3) is 5.91 Å². The van der Waals surface area contributed by atoms with Gasteiger partial charge < -0.3 is 11.1 Å². The van der Waals surface area contributed by atoms with E-state index in [1.54, 1.807) is 6.07 Å². The Morgan fingerprint density at radius 3 is 2.42 bits per heavy atom. The molecule has 0 aliphatic rings. The summed E-state index contributed by atoms with van der Waals surface area (Å²) < 4.78 is 1.77. The summed E-state index contributed by atoms with van der Waals surface area (Å²) in [7, 11) is 0. The molecule has 1 amide bonds. The average Bonchev–Trinajstić information content (AvgIpc) is 2.67. The SMILES string of the molecule is Cc1cc(N)c(NC(=O)c2cc(Br)c(Br)s2)cc1C. The van der Waals surface area contributed by atoms with E-state index in [0.29, 0.717) is 16.3 Å². The molecular formula is C13H12Br2N2OS. The Hall–Kier alpha value is -0.850. The first kappa shape index (κ1) is 14.6. The summed E-state index contributed by atoms with van der Waals surface area (Å²) in [6.07, 6.45) is 0. The number of aryl methyl sites for hydroxylation is 2. The highest BCUT2D eigenvalue weighted by molar-refractivity contribution is 9.13. The van der Waals surface area contributed by atoms with Crippen LogP contribution in [0.15, 0.2) is 26.5 Å². The summed E-state index contributed by atoms with van der Waals surface area (Å²) in [6, 6.07) is 5.53. The molecule has 0 aliphatic heterocycles. The van der Waals surface area contributed by atoms with Crippen molar-refractivity contribution in [3.05, 3.63) is 42.5 Å². The second-order valence-corrected chi connectivity index (χ2v) is 7.43. The number of hydrogen-bond acceptors (Lipinski definition) is 3. The van der Waals surface area contributed by atoms with Gasteiger partial charge in [-0.15, -0.1) is 11.3 Å². The molecule has 0 radical (unpaired) electrons. The highest BCUT2D eigenvalue weighted by atomic mass is 79.9. The molecule has 19 heavy (non-hydrogen) atoms. The molecule has 2 rings (SSSR count). The molecule has 0 bridgehead atoms. The monoisotopic (exact) mass is 402 g/mol. The zero-order chi connectivity index (χ0) is 14.2. The van der Waals surface area contributed by atoms with E-state index < -0.39 is 0 Å². The van der Waals surface area contributed by atoms with E-state index in [1.807, 2.05) is 26.0 Å². The number of amides is 1. The highest BCUT2D eigenvalue weighted by Gasteiger charge is 2.13. The van der Waals surface area contributed by atoms with Crippen molar-refractivity contribution >= 4 is 60.5 Å². The van der Waals surface area contributed by atoms with E-state index in [0.717, 1.165) is 19.4 Å². The Morgan fingerprint density at radius 1 is 1.21 bits per heavy atom. The zero-order valence-corrected chi connectivity index (χ0v) is 14.4. The number of thiophene rings is 1. The number of anilines is 2. The van der Waals surface area contributed by atoms with Crippen molar-refractivity contribution < 1.29 is 4.79 Å². The molecule has 100 valence electrons. The number of nitrogen functional groups attached to an aromatic ring is 1. The molecule has 6 heteroatoms. The van der Waals surface area contributed by atoms with Crippen molar-refractivity contribution in [3.8, 4) is 0 Å². The van der Waals surface area contributed by atoms with Crippen LogP contribution < -0.4 is 11.1 Å². The Labute approximate surface area is 132 Å². The lowest BCUT2D eigenvalue weighted by Gasteiger charge is -2.10. The van der Waals surface area contributed by atoms with Crippen LogP contribution >= 0.6 is 43.2 Å². The third kappa shape index (κ3) is 3.19. The van der Waals surface area contributed by atoms with Crippen LogP contribution in [-0.2, 0) is 0 Å². The number of rotatable bonds is 2. The summed E-state index contributed by atoms with van der Waals surface area (Å²) in [5.74, 6) is -0.161. The molecule has 0 spiro atoms. The third-order valence-corrected chi connectivity index (χ3v) is 6.04. The molecule has 0 unspecified atom stereocenters. The van der Waals surface area contributed by atoms with Gasteiger partial charge in [0.1, 0.15) is 0 Å². The van der Waals surface area contributed by atoms with Crippen LogP contribution in [0.25, 0.3) is 0 Å². The van der Waals surface area contributed by atoms with Crippen LogP contribution in [0.2, 0.25) is 0 Å². The minimum atomic E-state index is -0.161. The molecule has 1 heterocycles. The summed E-state index contributed by atoms with van der Waals surface area (Å²) in [5, 5.41) is 2.84. The average molecular weight is 404 g/mol.